The minimum Gasteiger partial charge on any atom is -0.494 e. The number of anilines is 2. The van der Waals surface area contributed by atoms with Crippen LogP contribution in [0.15, 0.2) is 66.7 Å². The van der Waals surface area contributed by atoms with Crippen LogP contribution in [0.2, 0.25) is 0 Å². The Labute approximate surface area is 147 Å². The maximum absolute atomic E-state index is 14.1. The number of hydrogen-bond donors (Lipinski definition) is 0. The Bertz CT molecular complexity index is 859. The number of benzene rings is 3. The third-order valence-electron chi connectivity index (χ3n) is 4.79. The monoisotopic (exact) mass is 333 g/mol. The SMILES string of the molecule is COc1ccc(CN2c3ccccc3CCc3ccccc32)cc1F. The van der Waals surface area contributed by atoms with Crippen molar-refractivity contribution < 1.29 is 9.13 Å². The summed E-state index contributed by atoms with van der Waals surface area (Å²) in [4.78, 5) is 2.29. The summed E-state index contributed by atoms with van der Waals surface area (Å²) in [5.74, 6) is -0.0446. The molecule has 126 valence electrons. The van der Waals surface area contributed by atoms with Crippen molar-refractivity contribution in [2.24, 2.45) is 0 Å². The molecule has 0 spiro atoms. The summed E-state index contributed by atoms with van der Waals surface area (Å²) in [5.41, 5.74) is 5.97. The van der Waals surface area contributed by atoms with E-state index in [4.69, 9.17) is 4.74 Å². The van der Waals surface area contributed by atoms with Crippen molar-refractivity contribution in [3.63, 3.8) is 0 Å². The average molecular weight is 333 g/mol. The van der Waals surface area contributed by atoms with Gasteiger partial charge in [0.05, 0.1) is 7.11 Å². The lowest BCUT2D eigenvalue weighted by Crippen LogP contribution is -2.18. The first-order valence-corrected chi connectivity index (χ1v) is 8.52. The van der Waals surface area contributed by atoms with Crippen molar-refractivity contribution in [1.29, 1.82) is 0 Å². The molecule has 0 bridgehead atoms. The first-order chi connectivity index (χ1) is 12.3. The van der Waals surface area contributed by atoms with E-state index in [0.717, 1.165) is 18.4 Å². The van der Waals surface area contributed by atoms with Gasteiger partial charge in [-0.15, -0.1) is 0 Å². The van der Waals surface area contributed by atoms with Gasteiger partial charge in [0.25, 0.3) is 0 Å². The van der Waals surface area contributed by atoms with Crippen LogP contribution in [0.4, 0.5) is 15.8 Å². The van der Waals surface area contributed by atoms with Crippen LogP contribution in [-0.4, -0.2) is 7.11 Å². The minimum absolute atomic E-state index is 0.278. The van der Waals surface area contributed by atoms with Gasteiger partial charge in [-0.1, -0.05) is 42.5 Å². The van der Waals surface area contributed by atoms with Gasteiger partial charge in [-0.3, -0.25) is 0 Å². The van der Waals surface area contributed by atoms with E-state index in [1.165, 1.54) is 29.6 Å². The predicted octanol–water partition coefficient (Wildman–Crippen LogP) is 5.27. The third-order valence-corrected chi connectivity index (χ3v) is 4.79. The quantitative estimate of drug-likeness (QED) is 0.647. The van der Waals surface area contributed by atoms with E-state index in [-0.39, 0.29) is 11.6 Å². The topological polar surface area (TPSA) is 12.5 Å². The Hall–Kier alpha value is -2.81. The fourth-order valence-corrected chi connectivity index (χ4v) is 3.53. The zero-order valence-electron chi connectivity index (χ0n) is 14.2. The molecule has 2 nitrogen and oxygen atoms in total. The molecule has 1 aliphatic rings. The molecule has 3 aromatic carbocycles. The van der Waals surface area contributed by atoms with E-state index >= 15 is 0 Å². The van der Waals surface area contributed by atoms with E-state index in [1.54, 1.807) is 12.1 Å². The summed E-state index contributed by atoms with van der Waals surface area (Å²) in [5, 5.41) is 0. The van der Waals surface area contributed by atoms with Crippen molar-refractivity contribution in [3.05, 3.63) is 89.2 Å². The van der Waals surface area contributed by atoms with Crippen LogP contribution in [-0.2, 0) is 19.4 Å². The van der Waals surface area contributed by atoms with Crippen LogP contribution in [0.5, 0.6) is 5.75 Å². The normalized spacial score (nSPS) is 13.0. The number of para-hydroxylation sites is 2. The van der Waals surface area contributed by atoms with Gasteiger partial charge >= 0.3 is 0 Å². The molecule has 3 aromatic rings. The summed E-state index contributed by atoms with van der Waals surface area (Å²) in [6.45, 7) is 0.620. The van der Waals surface area contributed by atoms with E-state index in [9.17, 15) is 4.39 Å². The highest BCUT2D eigenvalue weighted by atomic mass is 19.1. The second kappa shape index (κ2) is 6.60. The van der Waals surface area contributed by atoms with Crippen molar-refractivity contribution >= 4 is 11.4 Å². The largest absolute Gasteiger partial charge is 0.494 e. The van der Waals surface area contributed by atoms with Gasteiger partial charge in [-0.05, 0) is 53.8 Å². The zero-order chi connectivity index (χ0) is 17.2. The molecule has 25 heavy (non-hydrogen) atoms. The lowest BCUT2D eigenvalue weighted by Gasteiger charge is -2.27. The summed E-state index contributed by atoms with van der Waals surface area (Å²) in [6, 6.07) is 22.1. The van der Waals surface area contributed by atoms with Crippen LogP contribution in [0, 0.1) is 5.82 Å². The Morgan fingerprint density at radius 1 is 0.880 bits per heavy atom. The standard InChI is InChI=1S/C22H20FNO/c1-25-22-13-10-16(14-19(22)23)15-24-20-8-4-2-6-17(20)11-12-18-7-3-5-9-21(18)24/h2-10,13-14H,11-12,15H2,1H3. The average Bonchev–Trinajstić information content (AvgIpc) is 2.80. The lowest BCUT2D eigenvalue weighted by atomic mass is 10.0. The number of fused-ring (bicyclic) bond motifs is 2. The molecule has 0 N–H and O–H groups in total. The fourth-order valence-electron chi connectivity index (χ4n) is 3.53. The smallest absolute Gasteiger partial charge is 0.165 e. The second-order valence-corrected chi connectivity index (χ2v) is 6.31. The van der Waals surface area contributed by atoms with Gasteiger partial charge in [0.1, 0.15) is 0 Å². The van der Waals surface area contributed by atoms with Crippen molar-refractivity contribution in [1.82, 2.24) is 0 Å². The molecule has 0 aromatic heterocycles. The second-order valence-electron chi connectivity index (χ2n) is 6.31. The molecule has 0 radical (unpaired) electrons. The molecule has 0 saturated heterocycles. The maximum Gasteiger partial charge on any atom is 0.165 e. The van der Waals surface area contributed by atoms with Gasteiger partial charge in [0.15, 0.2) is 11.6 Å². The van der Waals surface area contributed by atoms with E-state index in [0.29, 0.717) is 6.54 Å². The Morgan fingerprint density at radius 2 is 1.48 bits per heavy atom. The van der Waals surface area contributed by atoms with E-state index in [1.807, 2.05) is 6.07 Å². The first-order valence-electron chi connectivity index (χ1n) is 8.52. The molecular weight excluding hydrogens is 313 g/mol. The van der Waals surface area contributed by atoms with E-state index in [2.05, 4.69) is 53.4 Å². The number of hydrogen-bond acceptors (Lipinski definition) is 2. The number of ether oxygens (including phenoxy) is 1. The Balaban J connectivity index is 1.79. The Morgan fingerprint density at radius 3 is 2.04 bits per heavy atom. The van der Waals surface area contributed by atoms with Crippen LogP contribution in [0.1, 0.15) is 16.7 Å². The van der Waals surface area contributed by atoms with Crippen molar-refractivity contribution in [2.75, 3.05) is 12.0 Å². The highest BCUT2D eigenvalue weighted by Crippen LogP contribution is 2.37. The number of aryl methyl sites for hydroxylation is 2. The lowest BCUT2D eigenvalue weighted by molar-refractivity contribution is 0.386. The summed E-state index contributed by atoms with van der Waals surface area (Å²) >= 11 is 0. The van der Waals surface area contributed by atoms with Gasteiger partial charge in [0.2, 0.25) is 0 Å². The number of nitrogens with zero attached hydrogens (tertiary/aromatic N) is 1. The highest BCUT2D eigenvalue weighted by Gasteiger charge is 2.20. The number of methoxy groups -OCH3 is 1. The predicted molar refractivity (Wildman–Crippen MR) is 99.1 cm³/mol. The molecule has 3 heteroatoms. The minimum atomic E-state index is -0.323. The molecule has 0 amide bonds. The summed E-state index contributed by atoms with van der Waals surface area (Å²) < 4.78 is 19.2. The molecule has 0 fully saturated rings. The van der Waals surface area contributed by atoms with E-state index < -0.39 is 0 Å². The molecule has 1 heterocycles. The van der Waals surface area contributed by atoms with Crippen molar-refractivity contribution in [3.8, 4) is 5.75 Å². The molecule has 1 aliphatic heterocycles. The molecule has 0 atom stereocenters. The van der Waals surface area contributed by atoms with Gasteiger partial charge < -0.3 is 9.64 Å². The van der Waals surface area contributed by atoms with Crippen LogP contribution < -0.4 is 9.64 Å². The summed E-state index contributed by atoms with van der Waals surface area (Å²) in [6.07, 6.45) is 2.03. The molecule has 0 unspecified atom stereocenters. The van der Waals surface area contributed by atoms with Crippen LogP contribution in [0.25, 0.3) is 0 Å². The highest BCUT2D eigenvalue weighted by molar-refractivity contribution is 5.71. The van der Waals surface area contributed by atoms with Crippen LogP contribution >= 0.6 is 0 Å². The zero-order valence-corrected chi connectivity index (χ0v) is 14.2. The van der Waals surface area contributed by atoms with Gasteiger partial charge in [-0.2, -0.15) is 0 Å². The van der Waals surface area contributed by atoms with Gasteiger partial charge in [0, 0.05) is 17.9 Å². The van der Waals surface area contributed by atoms with Crippen molar-refractivity contribution in [2.45, 2.75) is 19.4 Å². The van der Waals surface area contributed by atoms with Gasteiger partial charge in [-0.25, -0.2) is 4.39 Å². The molecular formula is C22H20FNO. The number of halogens is 1. The maximum atomic E-state index is 14.1. The first kappa shape index (κ1) is 15.7. The molecule has 4 rings (SSSR count). The fraction of sp³-hybridized carbons (Fsp3) is 0.182. The summed E-state index contributed by atoms with van der Waals surface area (Å²) in [7, 11) is 1.49. The number of rotatable bonds is 3. The third kappa shape index (κ3) is 2.98. The molecule has 0 aliphatic carbocycles. The Kier molecular flexibility index (Phi) is 4.14. The van der Waals surface area contributed by atoms with Crippen LogP contribution in [0.3, 0.4) is 0 Å². The molecule has 0 saturated carbocycles.